The van der Waals surface area contributed by atoms with E-state index < -0.39 is 11.7 Å². The molecule has 2 aromatic carbocycles. The van der Waals surface area contributed by atoms with E-state index in [1.807, 2.05) is 5.38 Å². The van der Waals surface area contributed by atoms with Crippen LogP contribution < -0.4 is 5.32 Å². The number of nitrogens with one attached hydrogen (secondary N) is 1. The van der Waals surface area contributed by atoms with Crippen LogP contribution in [0.2, 0.25) is 5.02 Å². The number of alkyl halides is 3. The Labute approximate surface area is 170 Å². The second-order valence-corrected chi connectivity index (χ2v) is 8.43. The average Bonchev–Trinajstić information content (AvgIpc) is 3.01. The number of benzene rings is 2. The zero-order valence-corrected chi connectivity index (χ0v) is 16.6. The molecule has 0 radical (unpaired) electrons. The molecule has 26 heavy (non-hydrogen) atoms. The highest BCUT2D eigenvalue weighted by atomic mass is 127. The van der Waals surface area contributed by atoms with Gasteiger partial charge >= 0.3 is 6.18 Å². The second kappa shape index (κ2) is 7.58. The first-order valence-corrected chi connectivity index (χ1v) is 9.61. The van der Waals surface area contributed by atoms with Crippen molar-refractivity contribution < 1.29 is 18.0 Å². The number of para-hydroxylation sites is 1. The van der Waals surface area contributed by atoms with Crippen LogP contribution in [0.1, 0.15) is 15.9 Å². The summed E-state index contributed by atoms with van der Waals surface area (Å²) in [4.78, 5) is 12.5. The molecular weight excluding hydrogens is 498 g/mol. The first-order valence-electron chi connectivity index (χ1n) is 7.28. The van der Waals surface area contributed by atoms with Crippen molar-refractivity contribution in [2.24, 2.45) is 0 Å². The molecule has 0 saturated heterocycles. The molecule has 0 spiro atoms. The standard InChI is InChI=1S/C18H10ClF3INOS/c19-14-9-10(18(20,21)22)5-6-11(14)12-3-1-2-4-15(12)24-17(25)13-7-8-26-16(13)23/h1-9H,(H,24,25). The molecule has 8 heteroatoms. The number of carbonyl (C=O) groups excluding carboxylic acids is 1. The number of amides is 1. The predicted octanol–water partition coefficient (Wildman–Crippen LogP) is 6.94. The van der Waals surface area contributed by atoms with Crippen LogP contribution in [-0.2, 0) is 6.18 Å². The maximum absolute atomic E-state index is 12.8. The highest BCUT2D eigenvalue weighted by Crippen LogP contribution is 2.38. The van der Waals surface area contributed by atoms with Crippen LogP contribution in [0.5, 0.6) is 0 Å². The molecule has 1 amide bonds. The molecule has 0 atom stereocenters. The molecular formula is C18H10ClF3INOS. The molecule has 0 aliphatic rings. The summed E-state index contributed by atoms with van der Waals surface area (Å²) >= 11 is 9.62. The number of carbonyl (C=O) groups is 1. The Morgan fingerprint density at radius 1 is 1.08 bits per heavy atom. The van der Waals surface area contributed by atoms with E-state index in [2.05, 4.69) is 27.9 Å². The lowest BCUT2D eigenvalue weighted by atomic mass is 10.0. The minimum absolute atomic E-state index is 0.0355. The van der Waals surface area contributed by atoms with Crippen molar-refractivity contribution in [3.63, 3.8) is 0 Å². The summed E-state index contributed by atoms with van der Waals surface area (Å²) in [7, 11) is 0. The van der Waals surface area contributed by atoms with Gasteiger partial charge in [-0.05, 0) is 52.2 Å². The molecule has 0 aliphatic carbocycles. The number of rotatable bonds is 3. The van der Waals surface area contributed by atoms with Crippen molar-refractivity contribution in [2.75, 3.05) is 5.32 Å². The third-order valence-electron chi connectivity index (χ3n) is 3.62. The fourth-order valence-corrected chi connectivity index (χ4v) is 4.14. The van der Waals surface area contributed by atoms with Gasteiger partial charge in [-0.15, -0.1) is 11.3 Å². The van der Waals surface area contributed by atoms with Gasteiger partial charge in [-0.2, -0.15) is 13.2 Å². The summed E-state index contributed by atoms with van der Waals surface area (Å²) in [5, 5.41) is 4.59. The Kier molecular flexibility index (Phi) is 5.59. The minimum Gasteiger partial charge on any atom is -0.321 e. The highest BCUT2D eigenvalue weighted by molar-refractivity contribution is 14.1. The molecule has 134 valence electrons. The Hall–Kier alpha value is -1.58. The summed E-state index contributed by atoms with van der Waals surface area (Å²) in [6.45, 7) is 0. The van der Waals surface area contributed by atoms with Gasteiger partial charge < -0.3 is 5.32 Å². The largest absolute Gasteiger partial charge is 0.416 e. The van der Waals surface area contributed by atoms with E-state index in [9.17, 15) is 18.0 Å². The lowest BCUT2D eigenvalue weighted by molar-refractivity contribution is -0.137. The summed E-state index contributed by atoms with van der Waals surface area (Å²) in [5.41, 5.74) is 1.16. The zero-order chi connectivity index (χ0) is 18.9. The van der Waals surface area contributed by atoms with Crippen LogP contribution in [0.4, 0.5) is 18.9 Å². The Morgan fingerprint density at radius 2 is 1.81 bits per heavy atom. The molecule has 0 unspecified atom stereocenters. The third kappa shape index (κ3) is 4.05. The summed E-state index contributed by atoms with van der Waals surface area (Å²) < 4.78 is 39.4. The van der Waals surface area contributed by atoms with E-state index in [0.717, 1.165) is 15.0 Å². The van der Waals surface area contributed by atoms with Crippen molar-refractivity contribution in [3.8, 4) is 11.1 Å². The van der Waals surface area contributed by atoms with Gasteiger partial charge in [-0.25, -0.2) is 0 Å². The van der Waals surface area contributed by atoms with E-state index in [0.29, 0.717) is 22.4 Å². The van der Waals surface area contributed by atoms with Gasteiger partial charge in [0.25, 0.3) is 5.91 Å². The Bertz CT molecular complexity index is 971. The molecule has 1 aromatic heterocycles. The number of halogens is 5. The number of hydrogen-bond acceptors (Lipinski definition) is 2. The lowest BCUT2D eigenvalue weighted by Crippen LogP contribution is -2.12. The van der Waals surface area contributed by atoms with E-state index in [-0.39, 0.29) is 10.9 Å². The molecule has 0 aliphatic heterocycles. The van der Waals surface area contributed by atoms with Crippen LogP contribution in [0.25, 0.3) is 11.1 Å². The van der Waals surface area contributed by atoms with Gasteiger partial charge in [-0.3, -0.25) is 4.79 Å². The highest BCUT2D eigenvalue weighted by Gasteiger charge is 2.31. The fourth-order valence-electron chi connectivity index (χ4n) is 2.38. The number of anilines is 1. The van der Waals surface area contributed by atoms with Crippen molar-refractivity contribution in [1.82, 2.24) is 0 Å². The Balaban J connectivity index is 1.98. The van der Waals surface area contributed by atoms with Crippen LogP contribution in [-0.4, -0.2) is 5.91 Å². The smallest absolute Gasteiger partial charge is 0.321 e. The van der Waals surface area contributed by atoms with Crippen molar-refractivity contribution in [1.29, 1.82) is 0 Å². The average molecular weight is 508 g/mol. The number of hydrogen-bond donors (Lipinski definition) is 1. The van der Waals surface area contributed by atoms with Gasteiger partial charge in [0.05, 0.1) is 14.0 Å². The second-order valence-electron chi connectivity index (χ2n) is 5.30. The SMILES string of the molecule is O=C(Nc1ccccc1-c1ccc(C(F)(F)F)cc1Cl)c1ccsc1I. The molecule has 3 aromatic rings. The normalized spacial score (nSPS) is 11.4. The molecule has 0 saturated carbocycles. The summed E-state index contributed by atoms with van der Waals surface area (Å²) in [6.07, 6.45) is -4.47. The van der Waals surface area contributed by atoms with E-state index in [4.69, 9.17) is 11.6 Å². The lowest BCUT2D eigenvalue weighted by Gasteiger charge is -2.14. The summed E-state index contributed by atoms with van der Waals surface area (Å²) in [5.74, 6) is -0.286. The predicted molar refractivity (Wildman–Crippen MR) is 107 cm³/mol. The first-order chi connectivity index (χ1) is 12.3. The van der Waals surface area contributed by atoms with Gasteiger partial charge in [0, 0.05) is 21.8 Å². The molecule has 2 nitrogen and oxygen atoms in total. The van der Waals surface area contributed by atoms with Crippen molar-refractivity contribution in [2.45, 2.75) is 6.18 Å². The van der Waals surface area contributed by atoms with Crippen LogP contribution in [0.15, 0.2) is 53.9 Å². The van der Waals surface area contributed by atoms with Crippen LogP contribution in [0, 0.1) is 2.88 Å². The van der Waals surface area contributed by atoms with Gasteiger partial charge in [0.15, 0.2) is 0 Å². The van der Waals surface area contributed by atoms with Crippen LogP contribution >= 0.6 is 45.5 Å². The molecule has 1 heterocycles. The van der Waals surface area contributed by atoms with Gasteiger partial charge in [0.1, 0.15) is 0 Å². The maximum atomic E-state index is 12.8. The van der Waals surface area contributed by atoms with Gasteiger partial charge in [-0.1, -0.05) is 35.9 Å². The van der Waals surface area contributed by atoms with E-state index >= 15 is 0 Å². The summed E-state index contributed by atoms with van der Waals surface area (Å²) in [6, 6.07) is 11.7. The minimum atomic E-state index is -4.47. The molecule has 1 N–H and O–H groups in total. The Morgan fingerprint density at radius 3 is 2.42 bits per heavy atom. The fraction of sp³-hybridized carbons (Fsp3) is 0.0556. The quantitative estimate of drug-likeness (QED) is 0.382. The molecule has 3 rings (SSSR count). The molecule has 0 fully saturated rings. The third-order valence-corrected chi connectivity index (χ3v) is 5.98. The zero-order valence-electron chi connectivity index (χ0n) is 12.9. The van der Waals surface area contributed by atoms with Crippen LogP contribution in [0.3, 0.4) is 0 Å². The number of thiophene rings is 1. The van der Waals surface area contributed by atoms with Crippen molar-refractivity contribution in [3.05, 3.63) is 72.9 Å². The van der Waals surface area contributed by atoms with E-state index in [1.54, 1.807) is 30.3 Å². The molecule has 0 bridgehead atoms. The first kappa shape index (κ1) is 19.2. The topological polar surface area (TPSA) is 29.1 Å². The van der Waals surface area contributed by atoms with E-state index in [1.165, 1.54) is 17.4 Å². The van der Waals surface area contributed by atoms with Gasteiger partial charge in [0.2, 0.25) is 0 Å². The monoisotopic (exact) mass is 507 g/mol. The van der Waals surface area contributed by atoms with Crippen molar-refractivity contribution >= 4 is 57.1 Å². The maximum Gasteiger partial charge on any atom is 0.416 e.